The van der Waals surface area contributed by atoms with Crippen molar-refractivity contribution in [3.63, 3.8) is 0 Å². The number of Topliss-reactive ketones (excluding diaryl/α,β-unsaturated/α-hetero) is 1. The smallest absolute Gasteiger partial charge is 0.191 e. The highest BCUT2D eigenvalue weighted by atomic mass is 32.2. The summed E-state index contributed by atoms with van der Waals surface area (Å²) in [6.07, 6.45) is 0.893. The number of nitrogens with zero attached hydrogens (tertiary/aromatic N) is 4. The Balaban J connectivity index is 1.41. The summed E-state index contributed by atoms with van der Waals surface area (Å²) in [5.41, 5.74) is 5.32. The molecule has 0 atom stereocenters. The van der Waals surface area contributed by atoms with Gasteiger partial charge in [0.2, 0.25) is 0 Å². The summed E-state index contributed by atoms with van der Waals surface area (Å²) in [6, 6.07) is 20.4. The van der Waals surface area contributed by atoms with E-state index in [2.05, 4.69) is 50.5 Å². The van der Waals surface area contributed by atoms with Crippen LogP contribution in [-0.4, -0.2) is 38.0 Å². The second-order valence-electron chi connectivity index (χ2n) is 8.35. The summed E-state index contributed by atoms with van der Waals surface area (Å²) in [4.78, 5) is 13.1. The Morgan fingerprint density at radius 2 is 1.68 bits per heavy atom. The van der Waals surface area contributed by atoms with Gasteiger partial charge in [0.15, 0.2) is 10.9 Å². The van der Waals surface area contributed by atoms with E-state index in [1.807, 2.05) is 50.2 Å². The standard InChI is InChI=1S/C27H30N4O2S/c1-19-16-25(20(2)30(19)15-14-22-10-12-24(33-4)13-11-22)26(32)18-34-27-29-28-21(3)31(27)17-23-8-6-5-7-9-23/h5-13,16H,14-15,17-18H2,1-4H3. The first kappa shape index (κ1) is 23.8. The van der Waals surface area contributed by atoms with Crippen LogP contribution in [0, 0.1) is 20.8 Å². The van der Waals surface area contributed by atoms with Crippen LogP contribution >= 0.6 is 11.8 Å². The molecule has 4 aromatic rings. The fourth-order valence-electron chi connectivity index (χ4n) is 4.08. The van der Waals surface area contributed by atoms with Crippen molar-refractivity contribution in [3.8, 4) is 5.75 Å². The minimum Gasteiger partial charge on any atom is -0.497 e. The molecule has 2 aromatic carbocycles. The lowest BCUT2D eigenvalue weighted by molar-refractivity contribution is 0.102. The van der Waals surface area contributed by atoms with Gasteiger partial charge in [-0.25, -0.2) is 0 Å². The number of benzene rings is 2. The van der Waals surface area contributed by atoms with Crippen LogP contribution in [0.1, 0.15) is 38.7 Å². The van der Waals surface area contributed by atoms with Crippen LogP contribution < -0.4 is 4.74 Å². The fraction of sp³-hybridized carbons (Fsp3) is 0.296. The zero-order valence-electron chi connectivity index (χ0n) is 20.1. The second-order valence-corrected chi connectivity index (χ2v) is 9.29. The highest BCUT2D eigenvalue weighted by Crippen LogP contribution is 2.23. The van der Waals surface area contributed by atoms with Crippen molar-refractivity contribution in [1.82, 2.24) is 19.3 Å². The summed E-state index contributed by atoms with van der Waals surface area (Å²) in [5, 5.41) is 9.31. The quantitative estimate of drug-likeness (QED) is 0.231. The van der Waals surface area contributed by atoms with Crippen molar-refractivity contribution in [2.24, 2.45) is 0 Å². The molecule has 0 saturated carbocycles. The number of ether oxygens (including phenoxy) is 1. The van der Waals surface area contributed by atoms with Crippen LogP contribution in [0.5, 0.6) is 5.75 Å². The normalized spacial score (nSPS) is 11.1. The average molecular weight is 475 g/mol. The summed E-state index contributed by atoms with van der Waals surface area (Å²) in [5.74, 6) is 2.14. The lowest BCUT2D eigenvalue weighted by Crippen LogP contribution is -2.09. The maximum Gasteiger partial charge on any atom is 0.191 e. The molecule has 0 saturated heterocycles. The van der Waals surface area contributed by atoms with Gasteiger partial charge in [-0.05, 0) is 56.5 Å². The predicted octanol–water partition coefficient (Wildman–Crippen LogP) is 5.28. The summed E-state index contributed by atoms with van der Waals surface area (Å²) in [6.45, 7) is 7.55. The van der Waals surface area contributed by atoms with E-state index in [4.69, 9.17) is 4.74 Å². The molecule has 0 aliphatic rings. The van der Waals surface area contributed by atoms with E-state index in [0.717, 1.165) is 46.6 Å². The van der Waals surface area contributed by atoms with Gasteiger partial charge in [-0.1, -0.05) is 54.2 Å². The predicted molar refractivity (Wildman–Crippen MR) is 136 cm³/mol. The van der Waals surface area contributed by atoms with E-state index >= 15 is 0 Å². The lowest BCUT2D eigenvalue weighted by Gasteiger charge is -2.11. The molecule has 0 aliphatic carbocycles. The summed E-state index contributed by atoms with van der Waals surface area (Å²) < 4.78 is 9.53. The number of carbonyl (C=O) groups excluding carboxylic acids is 1. The molecule has 0 N–H and O–H groups in total. The average Bonchev–Trinajstić information content (AvgIpc) is 3.35. The van der Waals surface area contributed by atoms with Gasteiger partial charge in [-0.2, -0.15) is 0 Å². The van der Waals surface area contributed by atoms with Gasteiger partial charge in [-0.15, -0.1) is 10.2 Å². The molecule has 7 heteroatoms. The zero-order chi connectivity index (χ0) is 24.1. The Labute approximate surface area is 205 Å². The van der Waals surface area contributed by atoms with E-state index in [-0.39, 0.29) is 5.78 Å². The Bertz CT molecular complexity index is 1260. The van der Waals surface area contributed by atoms with Crippen molar-refractivity contribution in [1.29, 1.82) is 0 Å². The Hall–Kier alpha value is -3.32. The Morgan fingerprint density at radius 3 is 2.38 bits per heavy atom. The zero-order valence-corrected chi connectivity index (χ0v) is 20.9. The molecule has 0 unspecified atom stereocenters. The minimum absolute atomic E-state index is 0.112. The third-order valence-corrected chi connectivity index (χ3v) is 7.04. The molecule has 34 heavy (non-hydrogen) atoms. The van der Waals surface area contributed by atoms with Crippen LogP contribution in [-0.2, 0) is 19.5 Å². The number of hydrogen-bond donors (Lipinski definition) is 0. The number of aryl methyl sites for hydroxylation is 3. The van der Waals surface area contributed by atoms with Crippen LogP contribution in [0.3, 0.4) is 0 Å². The molecule has 0 aliphatic heterocycles. The van der Waals surface area contributed by atoms with E-state index < -0.39 is 0 Å². The van der Waals surface area contributed by atoms with E-state index in [0.29, 0.717) is 12.3 Å². The van der Waals surface area contributed by atoms with Gasteiger partial charge < -0.3 is 13.9 Å². The Kier molecular flexibility index (Phi) is 7.53. The number of thioether (sulfide) groups is 1. The number of ketones is 1. The first-order chi connectivity index (χ1) is 16.5. The van der Waals surface area contributed by atoms with E-state index in [1.165, 1.54) is 22.9 Å². The van der Waals surface area contributed by atoms with Gasteiger partial charge in [-0.3, -0.25) is 4.79 Å². The molecule has 176 valence electrons. The van der Waals surface area contributed by atoms with Crippen LogP contribution in [0.2, 0.25) is 0 Å². The third-order valence-electron chi connectivity index (χ3n) is 6.07. The molecule has 0 fully saturated rings. The molecule has 2 aromatic heterocycles. The monoisotopic (exact) mass is 474 g/mol. The molecule has 4 rings (SSSR count). The highest BCUT2D eigenvalue weighted by molar-refractivity contribution is 7.99. The van der Waals surface area contributed by atoms with Crippen LogP contribution in [0.15, 0.2) is 65.8 Å². The topological polar surface area (TPSA) is 61.9 Å². The maximum absolute atomic E-state index is 13.1. The van der Waals surface area contributed by atoms with Crippen molar-refractivity contribution in [2.45, 2.75) is 45.4 Å². The second kappa shape index (κ2) is 10.7. The number of rotatable bonds is 10. The van der Waals surface area contributed by atoms with Crippen molar-refractivity contribution < 1.29 is 9.53 Å². The maximum atomic E-state index is 13.1. The van der Waals surface area contributed by atoms with Crippen molar-refractivity contribution in [3.05, 3.63) is 94.6 Å². The number of hydrogen-bond acceptors (Lipinski definition) is 5. The third kappa shape index (κ3) is 5.42. The first-order valence-electron chi connectivity index (χ1n) is 11.4. The molecular formula is C27H30N4O2S. The lowest BCUT2D eigenvalue weighted by atomic mass is 10.1. The molecular weight excluding hydrogens is 444 g/mol. The van der Waals surface area contributed by atoms with Gasteiger partial charge in [0.1, 0.15) is 11.6 Å². The number of methoxy groups -OCH3 is 1. The number of aromatic nitrogens is 4. The number of carbonyl (C=O) groups is 1. The molecule has 2 heterocycles. The summed E-state index contributed by atoms with van der Waals surface area (Å²) in [7, 11) is 1.67. The fourth-order valence-corrected chi connectivity index (χ4v) is 4.95. The van der Waals surface area contributed by atoms with Gasteiger partial charge >= 0.3 is 0 Å². The molecule has 0 spiro atoms. The highest BCUT2D eigenvalue weighted by Gasteiger charge is 2.18. The SMILES string of the molecule is COc1ccc(CCn2c(C)cc(C(=O)CSc3nnc(C)n3Cc3ccccc3)c2C)cc1. The van der Waals surface area contributed by atoms with Crippen molar-refractivity contribution >= 4 is 17.5 Å². The molecule has 0 amide bonds. The largest absolute Gasteiger partial charge is 0.497 e. The Morgan fingerprint density at radius 1 is 0.941 bits per heavy atom. The van der Waals surface area contributed by atoms with Gasteiger partial charge in [0.25, 0.3) is 0 Å². The molecule has 6 nitrogen and oxygen atoms in total. The van der Waals surface area contributed by atoms with Gasteiger partial charge in [0.05, 0.1) is 19.4 Å². The first-order valence-corrected chi connectivity index (χ1v) is 12.3. The van der Waals surface area contributed by atoms with Crippen LogP contribution in [0.4, 0.5) is 0 Å². The van der Waals surface area contributed by atoms with E-state index in [9.17, 15) is 4.79 Å². The summed E-state index contributed by atoms with van der Waals surface area (Å²) >= 11 is 1.45. The van der Waals surface area contributed by atoms with Gasteiger partial charge in [0, 0.05) is 23.5 Å². The van der Waals surface area contributed by atoms with Crippen LogP contribution in [0.25, 0.3) is 0 Å². The van der Waals surface area contributed by atoms with E-state index in [1.54, 1.807) is 7.11 Å². The minimum atomic E-state index is 0.112. The molecule has 0 bridgehead atoms. The van der Waals surface area contributed by atoms with Crippen molar-refractivity contribution in [2.75, 3.05) is 12.9 Å². The molecule has 0 radical (unpaired) electrons.